The fraction of sp³-hybridized carbons (Fsp3) is 0.636. The lowest BCUT2D eigenvalue weighted by Gasteiger charge is -2.13. The minimum atomic E-state index is 0.643. The number of hydrogen-bond donors (Lipinski definition) is 0. The Bertz CT molecular complexity index is 632. The van der Waals surface area contributed by atoms with Gasteiger partial charge in [0.25, 0.3) is 0 Å². The summed E-state index contributed by atoms with van der Waals surface area (Å²) in [7, 11) is 0. The molecule has 0 saturated heterocycles. The van der Waals surface area contributed by atoms with Crippen molar-refractivity contribution in [3.63, 3.8) is 0 Å². The normalized spacial score (nSPS) is 17.5. The first-order valence-electron chi connectivity index (χ1n) is 14.1. The van der Waals surface area contributed by atoms with Crippen LogP contribution in [0.3, 0.4) is 0 Å². The fourth-order valence-corrected chi connectivity index (χ4v) is 3.58. The predicted molar refractivity (Wildman–Crippen MR) is 159 cm³/mol. The second-order valence-corrected chi connectivity index (χ2v) is 8.38. The lowest BCUT2D eigenvalue weighted by molar-refractivity contribution is 0.192. The van der Waals surface area contributed by atoms with E-state index in [0.29, 0.717) is 5.92 Å². The molecule has 1 nitrogen and oxygen atoms in total. The average Bonchev–Trinajstić information content (AvgIpc) is 3.32. The van der Waals surface area contributed by atoms with Gasteiger partial charge in [-0.15, -0.1) is 0 Å². The van der Waals surface area contributed by atoms with Crippen molar-refractivity contribution in [2.75, 3.05) is 6.61 Å². The molecule has 0 aromatic heterocycles. The molecule has 0 radical (unpaired) electrons. The number of rotatable bonds is 4. The molecule has 2 aliphatic carbocycles. The molecule has 0 aliphatic heterocycles. The second-order valence-electron chi connectivity index (χ2n) is 8.38. The van der Waals surface area contributed by atoms with E-state index in [1.165, 1.54) is 54.4 Å². The summed E-state index contributed by atoms with van der Waals surface area (Å²) in [5, 5.41) is 0. The molecule has 2 atom stereocenters. The van der Waals surface area contributed by atoms with Crippen LogP contribution in [0.4, 0.5) is 0 Å². The molecule has 1 aromatic carbocycles. The van der Waals surface area contributed by atoms with Gasteiger partial charge in [0, 0.05) is 5.92 Å². The third-order valence-electron chi connectivity index (χ3n) is 5.54. The summed E-state index contributed by atoms with van der Waals surface area (Å²) in [5.41, 5.74) is 5.80. The first-order chi connectivity index (χ1) is 16.3. The number of allylic oxidation sites excluding steroid dienone is 5. The van der Waals surface area contributed by atoms with Gasteiger partial charge in [-0.1, -0.05) is 115 Å². The van der Waals surface area contributed by atoms with Gasteiger partial charge in [0.15, 0.2) is 0 Å². The van der Waals surface area contributed by atoms with Crippen LogP contribution in [0.1, 0.15) is 119 Å². The van der Waals surface area contributed by atoms with E-state index in [9.17, 15) is 0 Å². The van der Waals surface area contributed by atoms with Gasteiger partial charge in [-0.25, -0.2) is 0 Å². The van der Waals surface area contributed by atoms with E-state index < -0.39 is 0 Å². The van der Waals surface area contributed by atoms with Gasteiger partial charge in [0.1, 0.15) is 0 Å². The van der Waals surface area contributed by atoms with Gasteiger partial charge >= 0.3 is 0 Å². The molecule has 1 fully saturated rings. The van der Waals surface area contributed by atoms with Crippen LogP contribution in [0.2, 0.25) is 0 Å². The third kappa shape index (κ3) is 19.7. The zero-order chi connectivity index (χ0) is 26.9. The molecule has 198 valence electrons. The van der Waals surface area contributed by atoms with Crippen LogP contribution in [-0.4, -0.2) is 6.61 Å². The first kappa shape index (κ1) is 36.8. The predicted octanol–water partition coefficient (Wildman–Crippen LogP) is 11.3. The van der Waals surface area contributed by atoms with E-state index in [1.54, 1.807) is 0 Å². The number of benzene rings is 1. The van der Waals surface area contributed by atoms with Gasteiger partial charge in [0.05, 0.1) is 12.4 Å². The van der Waals surface area contributed by atoms with Crippen LogP contribution in [-0.2, 0) is 11.2 Å². The Labute approximate surface area is 215 Å². The summed E-state index contributed by atoms with van der Waals surface area (Å²) in [5.74, 6) is 2.53. The Hall–Kier alpha value is -1.76. The highest BCUT2D eigenvalue weighted by Crippen LogP contribution is 2.34. The quantitative estimate of drug-likeness (QED) is 0.396. The second kappa shape index (κ2) is 25.9. The van der Waals surface area contributed by atoms with Gasteiger partial charge in [0.2, 0.25) is 0 Å². The van der Waals surface area contributed by atoms with E-state index in [2.05, 4.69) is 77.6 Å². The number of aryl methyl sites for hydroxylation is 2. The third-order valence-corrected chi connectivity index (χ3v) is 5.54. The molecule has 1 heteroatoms. The summed E-state index contributed by atoms with van der Waals surface area (Å²) in [6, 6.07) is 8.61. The van der Waals surface area contributed by atoms with E-state index in [-0.39, 0.29) is 0 Å². The first-order valence-corrected chi connectivity index (χ1v) is 14.1. The van der Waals surface area contributed by atoms with Crippen LogP contribution in [0.15, 0.2) is 59.9 Å². The van der Waals surface area contributed by atoms with Crippen molar-refractivity contribution in [1.29, 1.82) is 0 Å². The fourth-order valence-electron chi connectivity index (χ4n) is 3.58. The largest absolute Gasteiger partial charge is 0.499 e. The Morgan fingerprint density at radius 2 is 1.41 bits per heavy atom. The molecule has 0 N–H and O–H groups in total. The van der Waals surface area contributed by atoms with Crippen molar-refractivity contribution >= 4 is 0 Å². The van der Waals surface area contributed by atoms with Crippen molar-refractivity contribution in [1.82, 2.24) is 0 Å². The van der Waals surface area contributed by atoms with Crippen LogP contribution in [0.5, 0.6) is 0 Å². The average molecular weight is 473 g/mol. The maximum absolute atomic E-state index is 5.38. The lowest BCUT2D eigenvalue weighted by Crippen LogP contribution is -2.02. The van der Waals surface area contributed by atoms with Crippen LogP contribution in [0, 0.1) is 18.8 Å². The minimum Gasteiger partial charge on any atom is -0.499 e. The molecule has 2 aliphatic rings. The van der Waals surface area contributed by atoms with Crippen molar-refractivity contribution in [2.45, 2.75) is 122 Å². The summed E-state index contributed by atoms with van der Waals surface area (Å²) in [6.07, 6.45) is 12.0. The molecule has 34 heavy (non-hydrogen) atoms. The highest BCUT2D eigenvalue weighted by atomic mass is 16.5. The van der Waals surface area contributed by atoms with Crippen molar-refractivity contribution in [3.05, 3.63) is 71.0 Å². The Morgan fingerprint density at radius 1 is 0.882 bits per heavy atom. The maximum Gasteiger partial charge on any atom is 0.0918 e. The summed E-state index contributed by atoms with van der Waals surface area (Å²) < 4.78 is 5.38. The van der Waals surface area contributed by atoms with Crippen LogP contribution >= 0.6 is 0 Å². The van der Waals surface area contributed by atoms with Crippen molar-refractivity contribution in [2.24, 2.45) is 11.8 Å². The lowest BCUT2D eigenvalue weighted by atomic mass is 10.0. The van der Waals surface area contributed by atoms with Crippen LogP contribution in [0.25, 0.3) is 0 Å². The van der Waals surface area contributed by atoms with Crippen molar-refractivity contribution in [3.8, 4) is 0 Å². The van der Waals surface area contributed by atoms with E-state index >= 15 is 0 Å². The topological polar surface area (TPSA) is 9.23 Å². The van der Waals surface area contributed by atoms with Gasteiger partial charge in [-0.3, -0.25) is 0 Å². The van der Waals surface area contributed by atoms with Gasteiger partial charge in [-0.05, 0) is 77.7 Å². The minimum absolute atomic E-state index is 0.643. The zero-order valence-electron chi connectivity index (χ0n) is 25.2. The summed E-state index contributed by atoms with van der Waals surface area (Å²) in [6.45, 7) is 29.7. The summed E-state index contributed by atoms with van der Waals surface area (Å²) >= 11 is 0. The SMILES string of the molecule is C=C(OCC)C1CCC(C)C1.CC.CC.CC.CC1=CC=C(C)CC1.CCc1cccc(C)c1. The van der Waals surface area contributed by atoms with Gasteiger partial charge in [-0.2, -0.15) is 0 Å². The number of hydrogen-bond acceptors (Lipinski definition) is 1. The number of ether oxygens (including phenoxy) is 1. The maximum atomic E-state index is 5.38. The molecule has 1 saturated carbocycles. The van der Waals surface area contributed by atoms with E-state index in [0.717, 1.165) is 24.7 Å². The molecular formula is C33H60O. The highest BCUT2D eigenvalue weighted by Gasteiger charge is 2.24. The molecule has 0 amide bonds. The van der Waals surface area contributed by atoms with E-state index in [1.807, 2.05) is 48.5 Å². The molecule has 0 bridgehead atoms. The standard InChI is InChI=1S/C10H18O.C9H12.C8H12.3C2H6/c1-4-11-9(3)10-6-5-8(2)7-10;1-3-9-6-4-5-8(2)7-9;1-7-3-5-8(2)6-4-7;3*1-2/h8,10H,3-7H2,1-2H3;4-7H,3H2,1-2H3;3,5H,4,6H2,1-2H3;3*1-2H3. The molecule has 2 unspecified atom stereocenters. The Balaban J connectivity index is -0.000000384. The van der Waals surface area contributed by atoms with Crippen LogP contribution < -0.4 is 0 Å². The highest BCUT2D eigenvalue weighted by molar-refractivity contribution is 5.22. The Morgan fingerprint density at radius 3 is 1.74 bits per heavy atom. The molecule has 1 aromatic rings. The zero-order valence-corrected chi connectivity index (χ0v) is 25.2. The smallest absolute Gasteiger partial charge is 0.0918 e. The monoisotopic (exact) mass is 472 g/mol. The molecule has 0 heterocycles. The molecule has 3 rings (SSSR count). The van der Waals surface area contributed by atoms with Gasteiger partial charge < -0.3 is 4.74 Å². The molecule has 0 spiro atoms. The Kier molecular flexibility index (Phi) is 28.0. The molecular weight excluding hydrogens is 412 g/mol. The van der Waals surface area contributed by atoms with E-state index in [4.69, 9.17) is 4.74 Å². The van der Waals surface area contributed by atoms with Crippen molar-refractivity contribution < 1.29 is 4.74 Å². The summed E-state index contributed by atoms with van der Waals surface area (Å²) in [4.78, 5) is 0.